The molecule has 3 heterocycles. The summed E-state index contributed by atoms with van der Waals surface area (Å²) in [5.74, 6) is -0.682. The van der Waals surface area contributed by atoms with Crippen LogP contribution in [-0.2, 0) is 4.79 Å². The first kappa shape index (κ1) is 17.8. The van der Waals surface area contributed by atoms with E-state index in [2.05, 4.69) is 15.7 Å². The van der Waals surface area contributed by atoms with E-state index in [1.54, 1.807) is 35.0 Å². The van der Waals surface area contributed by atoms with Gasteiger partial charge >= 0.3 is 5.97 Å². The molecule has 0 bridgehead atoms. The largest absolute Gasteiger partial charge is 0.495 e. The maximum absolute atomic E-state index is 12.9. The van der Waals surface area contributed by atoms with Gasteiger partial charge in [-0.25, -0.2) is 9.48 Å². The molecule has 0 saturated heterocycles. The van der Waals surface area contributed by atoms with Gasteiger partial charge in [0.1, 0.15) is 28.9 Å². The minimum absolute atomic E-state index is 0.00209. The number of rotatable bonds is 5. The standard InChI is InChI=1S/C19H16N4O4S/c1-27-15-6-3-2-5-12(15)22-18(24)11-10-20-23-14(16-7-4-8-28-16)9-13(19(25)26)21-17(11)23/h2-10,14,21H,1H3,(H,22,24)(H,25,26)/t14-/m0/s1. The number of carbonyl (C=O) groups excluding carboxylic acids is 1. The lowest BCUT2D eigenvalue weighted by molar-refractivity contribution is -0.132. The van der Waals surface area contributed by atoms with Gasteiger partial charge < -0.3 is 20.5 Å². The van der Waals surface area contributed by atoms with Gasteiger partial charge in [0.05, 0.1) is 19.0 Å². The Labute approximate surface area is 164 Å². The Balaban J connectivity index is 1.71. The van der Waals surface area contributed by atoms with Gasteiger partial charge in [0.15, 0.2) is 0 Å². The van der Waals surface area contributed by atoms with Crippen LogP contribution in [-0.4, -0.2) is 33.9 Å². The summed E-state index contributed by atoms with van der Waals surface area (Å²) in [5.41, 5.74) is 0.742. The average Bonchev–Trinajstić information content (AvgIpc) is 3.37. The molecule has 0 unspecified atom stereocenters. The molecule has 3 aromatic rings. The zero-order valence-electron chi connectivity index (χ0n) is 14.7. The zero-order valence-corrected chi connectivity index (χ0v) is 15.6. The molecule has 4 rings (SSSR count). The second-order valence-electron chi connectivity index (χ2n) is 5.98. The quantitative estimate of drug-likeness (QED) is 0.612. The average molecular weight is 396 g/mol. The normalized spacial score (nSPS) is 15.2. The lowest BCUT2D eigenvalue weighted by Gasteiger charge is -2.23. The molecule has 9 heteroatoms. The third kappa shape index (κ3) is 3.12. The van der Waals surface area contributed by atoms with Crippen LogP contribution in [0.1, 0.15) is 21.3 Å². The molecule has 1 aliphatic rings. The molecule has 0 saturated carbocycles. The number of amides is 1. The number of thiophene rings is 1. The Morgan fingerprint density at radius 2 is 2.11 bits per heavy atom. The van der Waals surface area contributed by atoms with Crippen LogP contribution in [0.25, 0.3) is 0 Å². The molecular formula is C19H16N4O4S. The number of hydrogen-bond acceptors (Lipinski definition) is 6. The number of anilines is 2. The Morgan fingerprint density at radius 3 is 2.82 bits per heavy atom. The maximum Gasteiger partial charge on any atom is 0.352 e. The number of nitrogens with one attached hydrogen (secondary N) is 2. The van der Waals surface area contributed by atoms with Crippen LogP contribution in [0.15, 0.2) is 59.7 Å². The lowest BCUT2D eigenvalue weighted by Crippen LogP contribution is -2.25. The van der Waals surface area contributed by atoms with Crippen molar-refractivity contribution in [2.24, 2.45) is 0 Å². The summed E-state index contributed by atoms with van der Waals surface area (Å²) >= 11 is 1.49. The first-order chi connectivity index (χ1) is 13.6. The molecular weight excluding hydrogens is 380 g/mol. The number of fused-ring (bicyclic) bond motifs is 1. The van der Waals surface area contributed by atoms with Gasteiger partial charge in [-0.05, 0) is 29.7 Å². The van der Waals surface area contributed by atoms with E-state index in [1.807, 2.05) is 17.5 Å². The first-order valence-corrected chi connectivity index (χ1v) is 9.24. The summed E-state index contributed by atoms with van der Waals surface area (Å²) in [5, 5.41) is 21.3. The fourth-order valence-corrected chi connectivity index (χ4v) is 3.76. The number of aromatic nitrogens is 2. The van der Waals surface area contributed by atoms with Crippen LogP contribution in [0, 0.1) is 0 Å². The predicted octanol–water partition coefficient (Wildman–Crippen LogP) is 3.19. The van der Waals surface area contributed by atoms with Crippen LogP contribution < -0.4 is 15.4 Å². The van der Waals surface area contributed by atoms with Crippen LogP contribution in [0.2, 0.25) is 0 Å². The van der Waals surface area contributed by atoms with E-state index < -0.39 is 17.9 Å². The third-order valence-corrected chi connectivity index (χ3v) is 5.24. The van der Waals surface area contributed by atoms with Crippen molar-refractivity contribution in [3.63, 3.8) is 0 Å². The number of aliphatic carboxylic acids is 1. The summed E-state index contributed by atoms with van der Waals surface area (Å²) in [6, 6.07) is 10.4. The lowest BCUT2D eigenvalue weighted by atomic mass is 10.1. The fourth-order valence-electron chi connectivity index (χ4n) is 2.99. The van der Waals surface area contributed by atoms with Crippen molar-refractivity contribution in [1.82, 2.24) is 9.78 Å². The van der Waals surface area contributed by atoms with Gasteiger partial charge in [-0.3, -0.25) is 4.79 Å². The summed E-state index contributed by atoms with van der Waals surface area (Å²) in [7, 11) is 1.52. The highest BCUT2D eigenvalue weighted by Crippen LogP contribution is 2.34. The van der Waals surface area contributed by atoms with Gasteiger partial charge in [0, 0.05) is 4.88 Å². The highest BCUT2D eigenvalue weighted by atomic mass is 32.1. The van der Waals surface area contributed by atoms with Crippen molar-refractivity contribution < 1.29 is 19.4 Å². The van der Waals surface area contributed by atoms with E-state index in [-0.39, 0.29) is 11.3 Å². The maximum atomic E-state index is 12.9. The number of carbonyl (C=O) groups is 2. The zero-order chi connectivity index (χ0) is 19.7. The molecule has 2 aromatic heterocycles. The molecule has 3 N–H and O–H groups in total. The van der Waals surface area contributed by atoms with E-state index in [9.17, 15) is 14.7 Å². The monoisotopic (exact) mass is 396 g/mol. The Kier molecular flexibility index (Phi) is 4.58. The molecule has 1 aliphatic heterocycles. The SMILES string of the molecule is COc1ccccc1NC(=O)c1cnn2c1NC(C(=O)O)=C[C@H]2c1cccs1. The van der Waals surface area contributed by atoms with Gasteiger partial charge in [-0.1, -0.05) is 18.2 Å². The minimum Gasteiger partial charge on any atom is -0.495 e. The summed E-state index contributed by atoms with van der Waals surface area (Å²) in [4.78, 5) is 25.4. The molecule has 142 valence electrons. The topological polar surface area (TPSA) is 105 Å². The number of hydrogen-bond donors (Lipinski definition) is 3. The molecule has 1 aromatic carbocycles. The first-order valence-electron chi connectivity index (χ1n) is 8.36. The fraction of sp³-hybridized carbons (Fsp3) is 0.105. The van der Waals surface area contributed by atoms with Crippen molar-refractivity contribution in [3.05, 3.63) is 70.2 Å². The van der Waals surface area contributed by atoms with E-state index in [0.29, 0.717) is 17.3 Å². The molecule has 0 spiro atoms. The van der Waals surface area contributed by atoms with Crippen molar-refractivity contribution in [1.29, 1.82) is 0 Å². The van der Waals surface area contributed by atoms with Gasteiger partial charge in [-0.2, -0.15) is 5.10 Å². The molecule has 1 amide bonds. The number of nitrogens with zero attached hydrogens (tertiary/aromatic N) is 2. The van der Waals surface area contributed by atoms with Crippen molar-refractivity contribution >= 4 is 34.7 Å². The summed E-state index contributed by atoms with van der Waals surface area (Å²) < 4.78 is 6.86. The number of para-hydroxylation sites is 2. The van der Waals surface area contributed by atoms with Gasteiger partial charge in [0.25, 0.3) is 5.91 Å². The summed E-state index contributed by atoms with van der Waals surface area (Å²) in [6.45, 7) is 0. The van der Waals surface area contributed by atoms with Crippen LogP contribution in [0.5, 0.6) is 5.75 Å². The highest BCUT2D eigenvalue weighted by molar-refractivity contribution is 7.10. The minimum atomic E-state index is -1.11. The van der Waals surface area contributed by atoms with E-state index >= 15 is 0 Å². The van der Waals surface area contributed by atoms with Crippen LogP contribution >= 0.6 is 11.3 Å². The molecule has 0 radical (unpaired) electrons. The summed E-state index contributed by atoms with van der Waals surface area (Å²) in [6.07, 6.45) is 3.00. The second-order valence-corrected chi connectivity index (χ2v) is 6.96. The molecule has 8 nitrogen and oxygen atoms in total. The molecule has 0 aliphatic carbocycles. The number of methoxy groups -OCH3 is 1. The number of benzene rings is 1. The number of carboxylic acid groups (broad SMARTS) is 1. The van der Waals surface area contributed by atoms with Crippen molar-refractivity contribution in [2.45, 2.75) is 6.04 Å². The van der Waals surface area contributed by atoms with E-state index in [0.717, 1.165) is 4.88 Å². The molecule has 28 heavy (non-hydrogen) atoms. The Bertz CT molecular complexity index is 1070. The molecule has 0 fully saturated rings. The second kappa shape index (κ2) is 7.20. The van der Waals surface area contributed by atoms with Crippen LogP contribution in [0.4, 0.5) is 11.5 Å². The van der Waals surface area contributed by atoms with Gasteiger partial charge in [-0.15, -0.1) is 11.3 Å². The third-order valence-electron chi connectivity index (χ3n) is 4.30. The molecule has 1 atom stereocenters. The number of allylic oxidation sites excluding steroid dienone is 1. The Hall–Kier alpha value is -3.59. The Morgan fingerprint density at radius 1 is 1.29 bits per heavy atom. The predicted molar refractivity (Wildman–Crippen MR) is 105 cm³/mol. The smallest absolute Gasteiger partial charge is 0.352 e. The van der Waals surface area contributed by atoms with E-state index in [1.165, 1.54) is 24.6 Å². The van der Waals surface area contributed by atoms with Crippen molar-refractivity contribution in [3.8, 4) is 5.75 Å². The number of ether oxygens (including phenoxy) is 1. The van der Waals surface area contributed by atoms with Gasteiger partial charge in [0.2, 0.25) is 0 Å². The van der Waals surface area contributed by atoms with Crippen molar-refractivity contribution in [2.75, 3.05) is 17.7 Å². The highest BCUT2D eigenvalue weighted by Gasteiger charge is 2.30. The van der Waals surface area contributed by atoms with Crippen LogP contribution in [0.3, 0.4) is 0 Å². The number of carboxylic acids is 1. The van der Waals surface area contributed by atoms with E-state index in [4.69, 9.17) is 4.74 Å².